The third-order valence-electron chi connectivity index (χ3n) is 5.18. The summed E-state index contributed by atoms with van der Waals surface area (Å²) < 4.78 is 41.6. The Morgan fingerprint density at radius 2 is 2.19 bits per heavy atom. The van der Waals surface area contributed by atoms with E-state index >= 15 is 0 Å². The second kappa shape index (κ2) is 6.81. The van der Waals surface area contributed by atoms with Crippen LogP contribution < -0.4 is 5.32 Å². The fourth-order valence-corrected chi connectivity index (χ4v) is 3.30. The van der Waals surface area contributed by atoms with Crippen LogP contribution in [0.2, 0.25) is 0 Å². The monoisotopic (exact) mass is 367 g/mol. The molecule has 142 valence electrons. The summed E-state index contributed by atoms with van der Waals surface area (Å²) in [7, 11) is 1.83. The van der Waals surface area contributed by atoms with Crippen molar-refractivity contribution in [3.63, 3.8) is 0 Å². The molecule has 0 bridgehead atoms. The summed E-state index contributed by atoms with van der Waals surface area (Å²) in [4.78, 5) is 7.36. The maximum Gasteiger partial charge on any atom is 0.394 e. The fraction of sp³-hybridized carbons (Fsp3) is 0.556. The molecule has 0 aliphatic heterocycles. The maximum atomic E-state index is 13.3. The van der Waals surface area contributed by atoms with Gasteiger partial charge in [-0.05, 0) is 45.6 Å². The number of hydrogen-bond donors (Lipinski definition) is 2. The van der Waals surface area contributed by atoms with Crippen molar-refractivity contribution in [3.05, 3.63) is 41.7 Å². The molecule has 0 spiro atoms. The van der Waals surface area contributed by atoms with E-state index < -0.39 is 11.6 Å². The molecule has 1 saturated carbocycles. The molecule has 2 aromatic rings. The van der Waals surface area contributed by atoms with Gasteiger partial charge in [-0.2, -0.15) is 18.3 Å². The van der Waals surface area contributed by atoms with E-state index in [9.17, 15) is 13.2 Å². The number of nitrogens with zero attached hydrogens (tertiary/aromatic N) is 3. The molecule has 3 rings (SSSR count). The van der Waals surface area contributed by atoms with Crippen LogP contribution in [0.4, 0.5) is 13.2 Å². The third-order valence-corrected chi connectivity index (χ3v) is 5.18. The van der Waals surface area contributed by atoms with Crippen LogP contribution in [-0.2, 0) is 7.05 Å². The number of halogens is 3. The molecule has 1 aliphatic rings. The van der Waals surface area contributed by atoms with Crippen LogP contribution in [-0.4, -0.2) is 25.9 Å². The van der Waals surface area contributed by atoms with E-state index in [1.165, 1.54) is 0 Å². The van der Waals surface area contributed by atoms with Gasteiger partial charge in [0.05, 0.1) is 34.7 Å². The van der Waals surface area contributed by atoms with E-state index in [4.69, 9.17) is 0 Å². The van der Waals surface area contributed by atoms with Crippen molar-refractivity contribution >= 4 is 5.70 Å². The van der Waals surface area contributed by atoms with Crippen LogP contribution in [0, 0.1) is 12.3 Å². The zero-order valence-electron chi connectivity index (χ0n) is 15.2. The van der Waals surface area contributed by atoms with Gasteiger partial charge in [0.1, 0.15) is 5.82 Å². The average Bonchev–Trinajstić information content (AvgIpc) is 3.09. The molecule has 5 nitrogen and oxygen atoms in total. The standard InChI is InChI=1S/C18H24F3N5/c1-4-13(16-6-10-23-26(16)3)25-14(15-11-22-12(2)24-15)5-7-17(8-9-17)18(19,20)21/h4,6,10-11,14,25H,5,7-9H2,1-3H3,(H,22,24). The Bertz CT molecular complexity index is 783. The first-order valence-electron chi connectivity index (χ1n) is 8.75. The van der Waals surface area contributed by atoms with Crippen LogP contribution in [0.5, 0.6) is 0 Å². The SMILES string of the molecule is CC=C(NC(CCC1(C(F)(F)F)CC1)c1cnc(C)[nH]1)c1ccnn1C. The molecule has 2 N–H and O–H groups in total. The zero-order valence-corrected chi connectivity index (χ0v) is 15.2. The van der Waals surface area contributed by atoms with Crippen LogP contribution >= 0.6 is 0 Å². The summed E-state index contributed by atoms with van der Waals surface area (Å²) in [6.07, 6.45) is 2.09. The Morgan fingerprint density at radius 1 is 1.46 bits per heavy atom. The van der Waals surface area contributed by atoms with Crippen LogP contribution in [0.25, 0.3) is 5.70 Å². The van der Waals surface area contributed by atoms with E-state index in [0.29, 0.717) is 6.42 Å². The average molecular weight is 367 g/mol. The largest absolute Gasteiger partial charge is 0.394 e. The normalized spacial score (nSPS) is 18.0. The molecular formula is C18H24F3N5. The van der Waals surface area contributed by atoms with Gasteiger partial charge in [0, 0.05) is 13.2 Å². The van der Waals surface area contributed by atoms with Gasteiger partial charge in [-0.15, -0.1) is 0 Å². The first kappa shape index (κ1) is 18.5. The smallest absolute Gasteiger partial charge is 0.375 e. The lowest BCUT2D eigenvalue weighted by atomic mass is 9.95. The summed E-state index contributed by atoms with van der Waals surface area (Å²) in [6, 6.07) is 1.59. The zero-order chi connectivity index (χ0) is 18.9. The fourth-order valence-electron chi connectivity index (χ4n) is 3.30. The second-order valence-electron chi connectivity index (χ2n) is 6.98. The number of H-pyrrole nitrogens is 1. The first-order valence-corrected chi connectivity index (χ1v) is 8.75. The van der Waals surface area contributed by atoms with Gasteiger partial charge in [0.2, 0.25) is 0 Å². The molecule has 1 aliphatic carbocycles. The summed E-state index contributed by atoms with van der Waals surface area (Å²) in [5.74, 6) is 0.742. The van der Waals surface area contributed by atoms with Crippen molar-refractivity contribution in [2.45, 2.75) is 51.7 Å². The lowest BCUT2D eigenvalue weighted by Gasteiger charge is -2.25. The highest BCUT2D eigenvalue weighted by molar-refractivity contribution is 5.60. The van der Waals surface area contributed by atoms with E-state index in [2.05, 4.69) is 20.4 Å². The Hall–Kier alpha value is -2.25. The number of aromatic nitrogens is 4. The number of imidazole rings is 1. The van der Waals surface area contributed by atoms with Gasteiger partial charge in [0.25, 0.3) is 0 Å². The molecule has 0 amide bonds. The minimum Gasteiger partial charge on any atom is -0.375 e. The van der Waals surface area contributed by atoms with Crippen molar-refractivity contribution in [1.29, 1.82) is 0 Å². The van der Waals surface area contributed by atoms with Crippen molar-refractivity contribution in [3.8, 4) is 0 Å². The van der Waals surface area contributed by atoms with Crippen molar-refractivity contribution < 1.29 is 13.2 Å². The summed E-state index contributed by atoms with van der Waals surface area (Å²) in [5, 5.41) is 7.55. The Kier molecular flexibility index (Phi) is 4.86. The number of allylic oxidation sites excluding steroid dienone is 1. The molecule has 2 aromatic heterocycles. The molecule has 1 unspecified atom stereocenters. The Morgan fingerprint density at radius 3 is 2.65 bits per heavy atom. The molecule has 8 heteroatoms. The number of nitrogens with one attached hydrogen (secondary N) is 2. The topological polar surface area (TPSA) is 58.5 Å². The molecular weight excluding hydrogens is 343 g/mol. The predicted molar refractivity (Wildman–Crippen MR) is 93.0 cm³/mol. The molecule has 1 fully saturated rings. The molecule has 0 radical (unpaired) electrons. The lowest BCUT2D eigenvalue weighted by Crippen LogP contribution is -2.28. The maximum absolute atomic E-state index is 13.3. The van der Waals surface area contributed by atoms with E-state index in [0.717, 1.165) is 22.9 Å². The van der Waals surface area contributed by atoms with Crippen molar-refractivity contribution in [2.75, 3.05) is 0 Å². The van der Waals surface area contributed by atoms with Gasteiger partial charge in [-0.25, -0.2) is 4.98 Å². The molecule has 0 aromatic carbocycles. The minimum atomic E-state index is -4.13. The molecule has 0 saturated heterocycles. The molecule has 2 heterocycles. The van der Waals surface area contributed by atoms with Crippen molar-refractivity contribution in [1.82, 2.24) is 25.1 Å². The minimum absolute atomic E-state index is 0.106. The Balaban J connectivity index is 1.79. The quantitative estimate of drug-likeness (QED) is 0.768. The number of alkyl halides is 3. The summed E-state index contributed by atoms with van der Waals surface area (Å²) in [6.45, 7) is 3.72. The van der Waals surface area contributed by atoms with Crippen molar-refractivity contribution in [2.24, 2.45) is 12.5 Å². The van der Waals surface area contributed by atoms with Gasteiger partial charge in [0.15, 0.2) is 0 Å². The third kappa shape index (κ3) is 3.64. The van der Waals surface area contributed by atoms with Gasteiger partial charge in [-0.3, -0.25) is 4.68 Å². The summed E-state index contributed by atoms with van der Waals surface area (Å²) in [5.41, 5.74) is 0.997. The first-order chi connectivity index (χ1) is 12.3. The van der Waals surface area contributed by atoms with E-state index in [-0.39, 0.29) is 25.3 Å². The summed E-state index contributed by atoms with van der Waals surface area (Å²) >= 11 is 0. The van der Waals surface area contributed by atoms with E-state index in [1.54, 1.807) is 17.1 Å². The van der Waals surface area contributed by atoms with Crippen LogP contribution in [0.15, 0.2) is 24.5 Å². The van der Waals surface area contributed by atoms with Crippen LogP contribution in [0.1, 0.15) is 55.9 Å². The molecule has 1 atom stereocenters. The Labute approximate surface area is 150 Å². The molecule has 26 heavy (non-hydrogen) atoms. The highest BCUT2D eigenvalue weighted by Gasteiger charge is 2.62. The van der Waals surface area contributed by atoms with Gasteiger partial charge < -0.3 is 10.3 Å². The number of aromatic amines is 1. The predicted octanol–water partition coefficient (Wildman–Crippen LogP) is 4.27. The van der Waals surface area contributed by atoms with E-state index in [1.807, 2.05) is 33.0 Å². The highest BCUT2D eigenvalue weighted by Crippen LogP contribution is 2.61. The highest BCUT2D eigenvalue weighted by atomic mass is 19.4. The van der Waals surface area contributed by atoms with Gasteiger partial charge >= 0.3 is 6.18 Å². The lowest BCUT2D eigenvalue weighted by molar-refractivity contribution is -0.189. The number of aryl methyl sites for hydroxylation is 2. The number of hydrogen-bond acceptors (Lipinski definition) is 3. The van der Waals surface area contributed by atoms with Gasteiger partial charge in [-0.1, -0.05) is 6.08 Å². The number of rotatable bonds is 7. The second-order valence-corrected chi connectivity index (χ2v) is 6.98. The van der Waals surface area contributed by atoms with Crippen LogP contribution in [0.3, 0.4) is 0 Å².